The van der Waals surface area contributed by atoms with Gasteiger partial charge in [-0.25, -0.2) is 9.18 Å². The van der Waals surface area contributed by atoms with Crippen molar-refractivity contribution in [3.63, 3.8) is 0 Å². The molecule has 3 aromatic carbocycles. The molecule has 5 rings (SSSR count). The first-order valence-electron chi connectivity index (χ1n) is 9.55. The molecule has 0 spiro atoms. The summed E-state index contributed by atoms with van der Waals surface area (Å²) in [5, 5.41) is 0. The molecule has 0 fully saturated rings. The molecule has 2 aliphatic rings. The van der Waals surface area contributed by atoms with Gasteiger partial charge in [-0.1, -0.05) is 18.2 Å². The zero-order valence-electron chi connectivity index (χ0n) is 16.1. The van der Waals surface area contributed by atoms with Crippen LogP contribution in [0.4, 0.5) is 4.39 Å². The Kier molecular flexibility index (Phi) is 4.59. The molecular weight excluding hydrogens is 399 g/mol. The van der Waals surface area contributed by atoms with Crippen LogP contribution in [0.25, 0.3) is 6.08 Å². The molecule has 0 saturated carbocycles. The van der Waals surface area contributed by atoms with Crippen LogP contribution in [0, 0.1) is 5.82 Å². The number of halogens is 1. The number of allylic oxidation sites excluding steroid dienone is 1. The second-order valence-corrected chi connectivity index (χ2v) is 7.04. The Balaban J connectivity index is 1.35. The second kappa shape index (κ2) is 7.57. The number of fused-ring (bicyclic) bond motifs is 2. The van der Waals surface area contributed by atoms with Gasteiger partial charge in [-0.3, -0.25) is 4.79 Å². The van der Waals surface area contributed by atoms with Gasteiger partial charge in [0, 0.05) is 11.6 Å². The second-order valence-electron chi connectivity index (χ2n) is 7.04. The Morgan fingerprint density at radius 1 is 1.00 bits per heavy atom. The van der Waals surface area contributed by atoms with E-state index in [-0.39, 0.29) is 22.9 Å². The molecule has 0 aromatic heterocycles. The largest absolute Gasteiger partial charge is 0.488 e. The van der Waals surface area contributed by atoms with Gasteiger partial charge in [0.1, 0.15) is 29.7 Å². The van der Waals surface area contributed by atoms with E-state index in [4.69, 9.17) is 14.2 Å². The van der Waals surface area contributed by atoms with E-state index in [0.717, 1.165) is 16.9 Å². The number of ketones is 1. The van der Waals surface area contributed by atoms with Gasteiger partial charge in [-0.15, -0.1) is 0 Å². The third-order valence-electron chi connectivity index (χ3n) is 4.90. The smallest absolute Gasteiger partial charge is 0.343 e. The van der Waals surface area contributed by atoms with Crippen LogP contribution in [-0.4, -0.2) is 18.4 Å². The maximum absolute atomic E-state index is 13.0. The molecule has 2 heterocycles. The van der Waals surface area contributed by atoms with E-state index in [9.17, 15) is 14.0 Å². The molecule has 0 aliphatic carbocycles. The van der Waals surface area contributed by atoms with E-state index in [1.54, 1.807) is 12.1 Å². The Hall–Kier alpha value is -4.19. The molecule has 0 atom stereocenters. The predicted molar refractivity (Wildman–Crippen MR) is 111 cm³/mol. The van der Waals surface area contributed by atoms with Crippen molar-refractivity contribution in [2.24, 2.45) is 0 Å². The lowest BCUT2D eigenvalue weighted by molar-refractivity contribution is 0.0734. The third kappa shape index (κ3) is 3.71. The monoisotopic (exact) mass is 414 g/mol. The van der Waals surface area contributed by atoms with Crippen molar-refractivity contribution in [2.75, 3.05) is 6.61 Å². The SMILES string of the molecule is O=C(Oc1ccc2c(c1)O/C(=C\C1=Cc3ccccc3OC1)C2=O)c1ccc(F)cc1. The van der Waals surface area contributed by atoms with Crippen LogP contribution in [0.15, 0.2) is 84.1 Å². The standard InChI is InChI=1S/C25H15FO5/c26-18-7-5-16(6-8-18)25(28)30-19-9-10-20-22(13-19)31-23(24(20)27)12-15-11-17-3-1-2-4-21(17)29-14-15/h1-13H,14H2/b23-12-. The van der Waals surface area contributed by atoms with Crippen molar-refractivity contribution in [1.82, 2.24) is 0 Å². The first-order chi connectivity index (χ1) is 15.1. The number of ether oxygens (including phenoxy) is 3. The third-order valence-corrected chi connectivity index (χ3v) is 4.90. The zero-order chi connectivity index (χ0) is 21.4. The summed E-state index contributed by atoms with van der Waals surface area (Å²) in [5.41, 5.74) is 2.32. The normalized spacial score (nSPS) is 15.5. The van der Waals surface area contributed by atoms with Crippen molar-refractivity contribution in [1.29, 1.82) is 0 Å². The quantitative estimate of drug-likeness (QED) is 0.344. The predicted octanol–water partition coefficient (Wildman–Crippen LogP) is 4.98. The van der Waals surface area contributed by atoms with Crippen LogP contribution >= 0.6 is 0 Å². The highest BCUT2D eigenvalue weighted by Gasteiger charge is 2.28. The van der Waals surface area contributed by atoms with Gasteiger partial charge >= 0.3 is 5.97 Å². The van der Waals surface area contributed by atoms with Crippen LogP contribution in [0.2, 0.25) is 0 Å². The summed E-state index contributed by atoms with van der Waals surface area (Å²) < 4.78 is 29.8. The average molecular weight is 414 g/mol. The van der Waals surface area contributed by atoms with E-state index in [0.29, 0.717) is 17.9 Å². The van der Waals surface area contributed by atoms with Gasteiger partial charge in [0.2, 0.25) is 5.78 Å². The van der Waals surface area contributed by atoms with Crippen LogP contribution in [-0.2, 0) is 0 Å². The molecule has 0 N–H and O–H groups in total. The number of hydrogen-bond donors (Lipinski definition) is 0. The Labute approximate surface area is 177 Å². The first kappa shape index (κ1) is 18.8. The lowest BCUT2D eigenvalue weighted by atomic mass is 10.1. The molecule has 0 saturated heterocycles. The van der Waals surface area contributed by atoms with Crippen molar-refractivity contribution in [2.45, 2.75) is 0 Å². The highest BCUT2D eigenvalue weighted by molar-refractivity contribution is 6.12. The fraction of sp³-hybridized carbons (Fsp3) is 0.0400. The van der Waals surface area contributed by atoms with Crippen LogP contribution in [0.5, 0.6) is 17.2 Å². The number of hydrogen-bond acceptors (Lipinski definition) is 5. The van der Waals surface area contributed by atoms with Crippen molar-refractivity contribution in [3.05, 3.63) is 107 Å². The topological polar surface area (TPSA) is 61.8 Å². The lowest BCUT2D eigenvalue weighted by Crippen LogP contribution is -2.08. The van der Waals surface area contributed by atoms with Gasteiger partial charge in [-0.2, -0.15) is 0 Å². The van der Waals surface area contributed by atoms with Gasteiger partial charge in [0.15, 0.2) is 5.76 Å². The van der Waals surface area contributed by atoms with Crippen LogP contribution in [0.1, 0.15) is 26.3 Å². The van der Waals surface area contributed by atoms with Crippen molar-refractivity contribution in [3.8, 4) is 17.2 Å². The first-order valence-corrected chi connectivity index (χ1v) is 9.55. The molecule has 5 nitrogen and oxygen atoms in total. The van der Waals surface area contributed by atoms with Gasteiger partial charge in [-0.05, 0) is 60.2 Å². The lowest BCUT2D eigenvalue weighted by Gasteiger charge is -2.15. The summed E-state index contributed by atoms with van der Waals surface area (Å²) in [6.45, 7) is 0.327. The number of carbonyl (C=O) groups excluding carboxylic acids is 2. The molecule has 0 unspecified atom stereocenters. The summed E-state index contributed by atoms with van der Waals surface area (Å²) in [4.78, 5) is 24.9. The number of benzene rings is 3. The Bertz CT molecular complexity index is 1270. The number of esters is 1. The highest BCUT2D eigenvalue weighted by Crippen LogP contribution is 2.35. The fourth-order valence-corrected chi connectivity index (χ4v) is 3.37. The summed E-state index contributed by atoms with van der Waals surface area (Å²) in [5.74, 6) is 0.150. The Morgan fingerprint density at radius 2 is 1.81 bits per heavy atom. The maximum atomic E-state index is 13.0. The summed E-state index contributed by atoms with van der Waals surface area (Å²) in [6, 6.07) is 17.2. The minimum absolute atomic E-state index is 0.172. The minimum atomic E-state index is -0.636. The summed E-state index contributed by atoms with van der Waals surface area (Å²) >= 11 is 0. The molecule has 0 bridgehead atoms. The molecule has 6 heteroatoms. The molecule has 3 aromatic rings. The summed E-state index contributed by atoms with van der Waals surface area (Å²) in [7, 11) is 0. The number of carbonyl (C=O) groups is 2. The summed E-state index contributed by atoms with van der Waals surface area (Å²) in [6.07, 6.45) is 3.60. The van der Waals surface area contributed by atoms with Crippen molar-refractivity contribution >= 4 is 17.8 Å². The number of para-hydroxylation sites is 1. The van der Waals surface area contributed by atoms with Gasteiger partial charge in [0.05, 0.1) is 11.1 Å². The van der Waals surface area contributed by atoms with E-state index in [1.807, 2.05) is 30.3 Å². The number of Topliss-reactive ketones (excluding diaryl/α,β-unsaturated/α-hetero) is 1. The van der Waals surface area contributed by atoms with Crippen LogP contribution < -0.4 is 14.2 Å². The minimum Gasteiger partial charge on any atom is -0.488 e. The van der Waals surface area contributed by atoms with E-state index in [1.165, 1.54) is 36.4 Å². The molecule has 0 radical (unpaired) electrons. The molecule has 31 heavy (non-hydrogen) atoms. The average Bonchev–Trinajstić information content (AvgIpc) is 3.08. The fourth-order valence-electron chi connectivity index (χ4n) is 3.37. The Morgan fingerprint density at radius 3 is 2.65 bits per heavy atom. The maximum Gasteiger partial charge on any atom is 0.343 e. The highest BCUT2D eigenvalue weighted by atomic mass is 19.1. The molecule has 2 aliphatic heterocycles. The van der Waals surface area contributed by atoms with E-state index in [2.05, 4.69) is 0 Å². The molecular formula is C25H15FO5. The number of rotatable bonds is 3. The van der Waals surface area contributed by atoms with Gasteiger partial charge in [0.25, 0.3) is 0 Å². The van der Waals surface area contributed by atoms with Crippen LogP contribution in [0.3, 0.4) is 0 Å². The molecule has 0 amide bonds. The van der Waals surface area contributed by atoms with Crippen molar-refractivity contribution < 1.29 is 28.2 Å². The van der Waals surface area contributed by atoms with E-state index >= 15 is 0 Å². The zero-order valence-corrected chi connectivity index (χ0v) is 16.1. The van der Waals surface area contributed by atoms with E-state index < -0.39 is 11.8 Å². The van der Waals surface area contributed by atoms with Gasteiger partial charge < -0.3 is 14.2 Å². The molecule has 152 valence electrons.